The molecule has 0 aliphatic carbocycles. The van der Waals surface area contributed by atoms with Gasteiger partial charge in [0.1, 0.15) is 0 Å². The van der Waals surface area contributed by atoms with Crippen LogP contribution in [0.5, 0.6) is 0 Å². The van der Waals surface area contributed by atoms with E-state index in [0.29, 0.717) is 0 Å². The molecule has 1 N–H and O–H groups in total. The molecule has 0 radical (unpaired) electrons. The predicted molar refractivity (Wildman–Crippen MR) is 84.9 cm³/mol. The van der Waals surface area contributed by atoms with Crippen molar-refractivity contribution in [2.24, 2.45) is 0 Å². The van der Waals surface area contributed by atoms with E-state index in [1.807, 2.05) is 6.92 Å². The molecule has 0 unspecified atom stereocenters. The minimum Gasteiger partial charge on any atom is -0.384 e. The number of nitro benzene ring substituents is 1. The largest absolute Gasteiger partial charge is 0.384 e. The SMILES string of the molecule is Cc1nc(CCNc2ccc([N+](=O)[O-])cc2I)cs1. The predicted octanol–water partition coefficient (Wildman–Crippen LogP) is 3.62. The van der Waals surface area contributed by atoms with Crippen LogP contribution in [0.2, 0.25) is 0 Å². The van der Waals surface area contributed by atoms with Gasteiger partial charge in [0, 0.05) is 39.7 Å². The molecule has 0 saturated carbocycles. The highest BCUT2D eigenvalue weighted by atomic mass is 127. The van der Waals surface area contributed by atoms with Crippen molar-refractivity contribution in [3.63, 3.8) is 0 Å². The highest BCUT2D eigenvalue weighted by molar-refractivity contribution is 14.1. The van der Waals surface area contributed by atoms with Gasteiger partial charge < -0.3 is 5.32 Å². The summed E-state index contributed by atoms with van der Waals surface area (Å²) in [4.78, 5) is 14.6. The van der Waals surface area contributed by atoms with E-state index < -0.39 is 0 Å². The van der Waals surface area contributed by atoms with Crippen LogP contribution >= 0.6 is 33.9 Å². The summed E-state index contributed by atoms with van der Waals surface area (Å²) in [6.45, 7) is 2.75. The van der Waals surface area contributed by atoms with Crippen molar-refractivity contribution in [1.29, 1.82) is 0 Å². The van der Waals surface area contributed by atoms with Crippen LogP contribution < -0.4 is 5.32 Å². The maximum absolute atomic E-state index is 10.6. The molecule has 0 aliphatic rings. The fraction of sp³-hybridized carbons (Fsp3) is 0.250. The van der Waals surface area contributed by atoms with Gasteiger partial charge >= 0.3 is 0 Å². The molecule has 19 heavy (non-hydrogen) atoms. The van der Waals surface area contributed by atoms with Gasteiger partial charge in [0.15, 0.2) is 0 Å². The number of aromatic nitrogens is 1. The standard InChI is InChI=1S/C12H12IN3O2S/c1-8-15-9(7-19-8)4-5-14-12-3-2-10(16(17)18)6-11(12)13/h2-3,6-7,14H,4-5H2,1H3. The van der Waals surface area contributed by atoms with E-state index in [2.05, 4.69) is 38.3 Å². The van der Waals surface area contributed by atoms with Gasteiger partial charge in [0.2, 0.25) is 0 Å². The van der Waals surface area contributed by atoms with Crippen molar-refractivity contribution >= 4 is 45.3 Å². The van der Waals surface area contributed by atoms with Gasteiger partial charge in [0.05, 0.1) is 15.6 Å². The van der Waals surface area contributed by atoms with Crippen LogP contribution in [0, 0.1) is 20.6 Å². The van der Waals surface area contributed by atoms with Crippen molar-refractivity contribution in [3.8, 4) is 0 Å². The number of nitro groups is 1. The molecule has 0 bridgehead atoms. The number of anilines is 1. The molecule has 0 atom stereocenters. The first-order valence-corrected chi connectivity index (χ1v) is 7.61. The number of aryl methyl sites for hydroxylation is 1. The molecule has 1 heterocycles. The van der Waals surface area contributed by atoms with Crippen molar-refractivity contribution in [3.05, 3.63) is 48.0 Å². The second-order valence-electron chi connectivity index (χ2n) is 3.96. The topological polar surface area (TPSA) is 68.1 Å². The van der Waals surface area contributed by atoms with Gasteiger partial charge in [-0.25, -0.2) is 4.98 Å². The number of thiazole rings is 1. The zero-order chi connectivity index (χ0) is 13.8. The molecule has 100 valence electrons. The number of hydrogen-bond acceptors (Lipinski definition) is 5. The van der Waals surface area contributed by atoms with Crippen molar-refractivity contribution < 1.29 is 4.92 Å². The first-order valence-electron chi connectivity index (χ1n) is 5.65. The summed E-state index contributed by atoms with van der Waals surface area (Å²) in [5.74, 6) is 0. The Morgan fingerprint density at radius 3 is 2.89 bits per heavy atom. The van der Waals surface area contributed by atoms with Crippen LogP contribution in [0.4, 0.5) is 11.4 Å². The highest BCUT2D eigenvalue weighted by Gasteiger charge is 2.08. The average Bonchev–Trinajstić information content (AvgIpc) is 2.77. The number of hydrogen-bond donors (Lipinski definition) is 1. The van der Waals surface area contributed by atoms with Crippen LogP contribution in [-0.4, -0.2) is 16.5 Å². The number of benzene rings is 1. The maximum Gasteiger partial charge on any atom is 0.270 e. The first kappa shape index (κ1) is 14.2. The number of rotatable bonds is 5. The quantitative estimate of drug-likeness (QED) is 0.482. The second kappa shape index (κ2) is 6.29. The van der Waals surface area contributed by atoms with Gasteiger partial charge in [-0.1, -0.05) is 0 Å². The number of halogens is 1. The van der Waals surface area contributed by atoms with Gasteiger partial charge in [-0.2, -0.15) is 0 Å². The van der Waals surface area contributed by atoms with E-state index in [-0.39, 0.29) is 10.6 Å². The Kier molecular flexibility index (Phi) is 4.70. The minimum absolute atomic E-state index is 0.116. The lowest BCUT2D eigenvalue weighted by Gasteiger charge is -2.07. The zero-order valence-electron chi connectivity index (χ0n) is 10.2. The van der Waals surface area contributed by atoms with Gasteiger partial charge in [-0.3, -0.25) is 10.1 Å². The first-order chi connectivity index (χ1) is 9.06. The van der Waals surface area contributed by atoms with Crippen molar-refractivity contribution in [2.45, 2.75) is 13.3 Å². The fourth-order valence-electron chi connectivity index (χ4n) is 1.61. The van der Waals surface area contributed by atoms with E-state index in [9.17, 15) is 10.1 Å². The molecule has 0 saturated heterocycles. The number of non-ortho nitro benzene ring substituents is 1. The summed E-state index contributed by atoms with van der Waals surface area (Å²) >= 11 is 3.74. The summed E-state index contributed by atoms with van der Waals surface area (Å²) in [5.41, 5.74) is 2.11. The smallest absolute Gasteiger partial charge is 0.270 e. The monoisotopic (exact) mass is 389 g/mol. The summed E-state index contributed by atoms with van der Waals surface area (Å²) in [5, 5.41) is 17.0. The molecule has 0 spiro atoms. The van der Waals surface area contributed by atoms with E-state index in [1.165, 1.54) is 6.07 Å². The lowest BCUT2D eigenvalue weighted by atomic mass is 10.2. The molecule has 1 aromatic heterocycles. The van der Waals surface area contributed by atoms with E-state index >= 15 is 0 Å². The minimum atomic E-state index is -0.385. The van der Waals surface area contributed by atoms with Gasteiger partial charge in [-0.15, -0.1) is 11.3 Å². The summed E-state index contributed by atoms with van der Waals surface area (Å²) in [6, 6.07) is 4.82. The van der Waals surface area contributed by atoms with E-state index in [0.717, 1.165) is 32.9 Å². The molecular formula is C12H12IN3O2S. The summed E-state index contributed by atoms with van der Waals surface area (Å²) in [6.07, 6.45) is 0.845. The molecule has 0 amide bonds. The lowest BCUT2D eigenvalue weighted by Crippen LogP contribution is -2.06. The third-order valence-electron chi connectivity index (χ3n) is 2.53. The summed E-state index contributed by atoms with van der Waals surface area (Å²) < 4.78 is 0.848. The number of nitrogens with zero attached hydrogens (tertiary/aromatic N) is 2. The maximum atomic E-state index is 10.6. The molecule has 2 aromatic rings. The molecule has 7 heteroatoms. The normalized spacial score (nSPS) is 10.4. The summed E-state index contributed by atoms with van der Waals surface area (Å²) in [7, 11) is 0. The molecule has 0 aliphatic heterocycles. The Bertz CT molecular complexity index is 600. The van der Waals surface area contributed by atoms with Gasteiger partial charge in [-0.05, 0) is 35.6 Å². The third-order valence-corrected chi connectivity index (χ3v) is 4.24. The average molecular weight is 389 g/mol. The Labute approximate surface area is 128 Å². The van der Waals surface area contributed by atoms with Crippen LogP contribution in [0.25, 0.3) is 0 Å². The lowest BCUT2D eigenvalue weighted by molar-refractivity contribution is -0.384. The molecular weight excluding hydrogens is 377 g/mol. The van der Waals surface area contributed by atoms with Crippen molar-refractivity contribution in [2.75, 3.05) is 11.9 Å². The molecule has 0 fully saturated rings. The van der Waals surface area contributed by atoms with Crippen LogP contribution in [0.3, 0.4) is 0 Å². The number of nitrogens with one attached hydrogen (secondary N) is 1. The van der Waals surface area contributed by atoms with E-state index in [4.69, 9.17) is 0 Å². The fourth-order valence-corrected chi connectivity index (χ4v) is 2.95. The van der Waals surface area contributed by atoms with Crippen LogP contribution in [-0.2, 0) is 6.42 Å². The van der Waals surface area contributed by atoms with Gasteiger partial charge in [0.25, 0.3) is 5.69 Å². The third kappa shape index (κ3) is 3.87. The molecule has 1 aromatic carbocycles. The van der Waals surface area contributed by atoms with Crippen molar-refractivity contribution in [1.82, 2.24) is 4.98 Å². The zero-order valence-corrected chi connectivity index (χ0v) is 13.2. The van der Waals surface area contributed by atoms with E-state index in [1.54, 1.807) is 23.5 Å². The Morgan fingerprint density at radius 2 is 2.32 bits per heavy atom. The molecule has 5 nitrogen and oxygen atoms in total. The Balaban J connectivity index is 1.94. The Hall–Kier alpha value is -1.22. The highest BCUT2D eigenvalue weighted by Crippen LogP contribution is 2.23. The molecule has 2 rings (SSSR count). The second-order valence-corrected chi connectivity index (χ2v) is 6.18. The van der Waals surface area contributed by atoms with Crippen LogP contribution in [0.15, 0.2) is 23.6 Å². The Morgan fingerprint density at radius 1 is 1.53 bits per heavy atom. The van der Waals surface area contributed by atoms with Crippen LogP contribution in [0.1, 0.15) is 10.7 Å².